The number of imidazole rings is 1. The van der Waals surface area contributed by atoms with E-state index in [1.54, 1.807) is 6.26 Å². The molecule has 0 saturated carbocycles. The fourth-order valence-electron chi connectivity index (χ4n) is 2.14. The third-order valence-electron chi connectivity index (χ3n) is 3.06. The molecule has 0 atom stereocenters. The van der Waals surface area contributed by atoms with E-state index in [-0.39, 0.29) is 0 Å². The van der Waals surface area contributed by atoms with Crippen molar-refractivity contribution in [2.75, 3.05) is 0 Å². The highest BCUT2D eigenvalue weighted by Gasteiger charge is 2.17. The Morgan fingerprint density at radius 2 is 2.17 bits per heavy atom. The molecule has 0 fully saturated rings. The maximum Gasteiger partial charge on any atom is 0.134 e. The minimum Gasteiger partial charge on any atom is -0.464 e. The minimum absolute atomic E-state index is 0.408. The van der Waals surface area contributed by atoms with E-state index >= 15 is 0 Å². The second kappa shape index (κ2) is 4.26. The molecular weight excluding hydrogens is 294 g/mol. The van der Waals surface area contributed by atoms with Gasteiger partial charge in [-0.3, -0.25) is 0 Å². The zero-order chi connectivity index (χ0) is 12.7. The van der Waals surface area contributed by atoms with Gasteiger partial charge < -0.3 is 14.7 Å². The summed E-state index contributed by atoms with van der Waals surface area (Å²) in [5, 5.41) is 1.07. The number of fused-ring (bicyclic) bond motifs is 1. The van der Waals surface area contributed by atoms with Crippen molar-refractivity contribution in [3.8, 4) is 11.3 Å². The number of nitrogens with two attached hydrogens (primary N) is 1. The Hall–Kier alpha value is -1.59. The van der Waals surface area contributed by atoms with Crippen molar-refractivity contribution >= 4 is 26.9 Å². The lowest BCUT2D eigenvalue weighted by molar-refractivity contribution is 0.616. The number of benzene rings is 1. The summed E-state index contributed by atoms with van der Waals surface area (Å²) in [5.74, 6) is 0.835. The third-order valence-corrected chi connectivity index (χ3v) is 3.62. The van der Waals surface area contributed by atoms with E-state index in [0.29, 0.717) is 6.54 Å². The molecule has 0 unspecified atom stereocenters. The Morgan fingerprint density at radius 3 is 2.89 bits per heavy atom. The van der Waals surface area contributed by atoms with E-state index in [2.05, 4.69) is 20.9 Å². The van der Waals surface area contributed by atoms with Crippen molar-refractivity contribution in [3.05, 3.63) is 41.0 Å². The second-order valence-corrected chi connectivity index (χ2v) is 4.83. The lowest BCUT2D eigenvalue weighted by atomic mass is 10.1. The lowest BCUT2D eigenvalue weighted by Gasteiger charge is -2.03. The summed E-state index contributed by atoms with van der Waals surface area (Å²) in [6.07, 6.45) is 1.76. The van der Waals surface area contributed by atoms with E-state index < -0.39 is 0 Å². The van der Waals surface area contributed by atoms with Crippen LogP contribution in [-0.4, -0.2) is 9.55 Å². The standard InChI is InChI=1S/C13H12BrN3O/c1-17-11(6-15)16-13(14)12(17)9-7-18-10-5-3-2-4-8(9)10/h2-5,7H,6,15H2,1H3. The first-order valence-corrected chi connectivity index (χ1v) is 6.39. The van der Waals surface area contributed by atoms with Crippen LogP contribution >= 0.6 is 15.9 Å². The zero-order valence-electron chi connectivity index (χ0n) is 9.85. The summed E-state index contributed by atoms with van der Waals surface area (Å²) >= 11 is 3.49. The SMILES string of the molecule is Cn1c(CN)nc(Br)c1-c1coc2ccccc12. The quantitative estimate of drug-likeness (QED) is 0.791. The molecule has 3 aromatic rings. The maximum absolute atomic E-state index is 5.67. The first kappa shape index (κ1) is 11.5. The van der Waals surface area contributed by atoms with Crippen LogP contribution in [0.25, 0.3) is 22.2 Å². The number of nitrogens with zero attached hydrogens (tertiary/aromatic N) is 2. The van der Waals surface area contributed by atoms with Crippen LogP contribution in [0.4, 0.5) is 0 Å². The highest BCUT2D eigenvalue weighted by atomic mass is 79.9. The molecular formula is C13H12BrN3O. The molecule has 1 aromatic carbocycles. The van der Waals surface area contributed by atoms with Gasteiger partial charge in [0.1, 0.15) is 22.3 Å². The Balaban J connectivity index is 2.29. The van der Waals surface area contributed by atoms with Crippen LogP contribution in [0.15, 0.2) is 39.5 Å². The molecule has 4 nitrogen and oxygen atoms in total. The van der Waals surface area contributed by atoms with E-state index in [4.69, 9.17) is 10.2 Å². The summed E-state index contributed by atoms with van der Waals surface area (Å²) < 4.78 is 8.34. The van der Waals surface area contributed by atoms with Crippen LogP contribution in [-0.2, 0) is 13.6 Å². The summed E-state index contributed by atoms with van der Waals surface area (Å²) in [6.45, 7) is 0.408. The molecule has 0 aliphatic heterocycles. The highest BCUT2D eigenvalue weighted by Crippen LogP contribution is 2.35. The van der Waals surface area contributed by atoms with Crippen molar-refractivity contribution in [1.29, 1.82) is 0 Å². The summed E-state index contributed by atoms with van der Waals surface area (Å²) in [7, 11) is 1.96. The molecule has 0 spiro atoms. The van der Waals surface area contributed by atoms with E-state index in [1.807, 2.05) is 35.9 Å². The van der Waals surface area contributed by atoms with Crippen LogP contribution in [0, 0.1) is 0 Å². The number of aromatic nitrogens is 2. The van der Waals surface area contributed by atoms with Gasteiger partial charge in [-0.15, -0.1) is 0 Å². The monoisotopic (exact) mass is 305 g/mol. The predicted octanol–water partition coefficient (Wildman–Crippen LogP) is 3.05. The van der Waals surface area contributed by atoms with Crippen LogP contribution < -0.4 is 5.73 Å². The first-order valence-electron chi connectivity index (χ1n) is 5.60. The van der Waals surface area contributed by atoms with Crippen LogP contribution in [0.1, 0.15) is 5.82 Å². The van der Waals surface area contributed by atoms with Gasteiger partial charge in [0.25, 0.3) is 0 Å². The van der Waals surface area contributed by atoms with Gasteiger partial charge in [0.15, 0.2) is 0 Å². The van der Waals surface area contributed by atoms with Gasteiger partial charge >= 0.3 is 0 Å². The number of hydrogen-bond acceptors (Lipinski definition) is 3. The largest absolute Gasteiger partial charge is 0.464 e. The smallest absolute Gasteiger partial charge is 0.134 e. The Kier molecular flexibility index (Phi) is 2.72. The Bertz CT molecular complexity index is 714. The zero-order valence-corrected chi connectivity index (χ0v) is 11.4. The molecule has 0 aliphatic rings. The molecule has 2 heterocycles. The molecule has 0 saturated heterocycles. The van der Waals surface area contributed by atoms with Crippen molar-refractivity contribution < 1.29 is 4.42 Å². The number of furan rings is 1. The minimum atomic E-state index is 0.408. The van der Waals surface area contributed by atoms with Crippen molar-refractivity contribution in [1.82, 2.24) is 9.55 Å². The molecule has 2 aromatic heterocycles. The Labute approximate surface area is 113 Å². The van der Waals surface area contributed by atoms with Crippen molar-refractivity contribution in [3.63, 3.8) is 0 Å². The average Bonchev–Trinajstić information content (AvgIpc) is 2.91. The van der Waals surface area contributed by atoms with Crippen LogP contribution in [0.5, 0.6) is 0 Å². The van der Waals surface area contributed by atoms with Gasteiger partial charge in [-0.1, -0.05) is 18.2 Å². The van der Waals surface area contributed by atoms with Crippen molar-refractivity contribution in [2.45, 2.75) is 6.54 Å². The number of para-hydroxylation sites is 1. The van der Waals surface area contributed by atoms with Gasteiger partial charge in [-0.25, -0.2) is 4.98 Å². The average molecular weight is 306 g/mol. The molecule has 0 amide bonds. The van der Waals surface area contributed by atoms with Crippen molar-refractivity contribution in [2.24, 2.45) is 12.8 Å². The molecule has 0 bridgehead atoms. The Morgan fingerprint density at radius 1 is 1.39 bits per heavy atom. The number of rotatable bonds is 2. The molecule has 2 N–H and O–H groups in total. The van der Waals surface area contributed by atoms with Gasteiger partial charge in [0.05, 0.1) is 12.2 Å². The topological polar surface area (TPSA) is 57.0 Å². The summed E-state index contributed by atoms with van der Waals surface area (Å²) in [6, 6.07) is 7.94. The van der Waals surface area contributed by atoms with Gasteiger partial charge in [-0.2, -0.15) is 0 Å². The molecule has 5 heteroatoms. The van der Waals surface area contributed by atoms with Gasteiger partial charge in [-0.05, 0) is 22.0 Å². The highest BCUT2D eigenvalue weighted by molar-refractivity contribution is 9.10. The molecule has 92 valence electrons. The third kappa shape index (κ3) is 1.59. The van der Waals surface area contributed by atoms with E-state index in [0.717, 1.165) is 32.7 Å². The second-order valence-electron chi connectivity index (χ2n) is 4.08. The fraction of sp³-hybridized carbons (Fsp3) is 0.154. The van der Waals surface area contributed by atoms with Crippen LogP contribution in [0.3, 0.4) is 0 Å². The number of halogens is 1. The molecule has 3 rings (SSSR count). The molecule has 18 heavy (non-hydrogen) atoms. The van der Waals surface area contributed by atoms with E-state index in [1.165, 1.54) is 0 Å². The van der Waals surface area contributed by atoms with Crippen LogP contribution in [0.2, 0.25) is 0 Å². The van der Waals surface area contributed by atoms with Gasteiger partial charge in [0.2, 0.25) is 0 Å². The fourth-order valence-corrected chi connectivity index (χ4v) is 2.83. The summed E-state index contributed by atoms with van der Waals surface area (Å²) in [5.41, 5.74) is 8.55. The van der Waals surface area contributed by atoms with E-state index in [9.17, 15) is 0 Å². The summed E-state index contributed by atoms with van der Waals surface area (Å²) in [4.78, 5) is 4.40. The molecule has 0 aliphatic carbocycles. The first-order chi connectivity index (χ1) is 8.72. The van der Waals surface area contributed by atoms with Gasteiger partial charge in [0, 0.05) is 18.0 Å². The maximum atomic E-state index is 5.67. The predicted molar refractivity (Wildman–Crippen MR) is 74.0 cm³/mol. The molecule has 0 radical (unpaired) electrons. The lowest BCUT2D eigenvalue weighted by Crippen LogP contribution is -2.05. The number of hydrogen-bond donors (Lipinski definition) is 1. The normalized spacial score (nSPS) is 11.3.